The minimum atomic E-state index is -0.343. The van der Waals surface area contributed by atoms with Crippen molar-refractivity contribution >= 4 is 73.9 Å². The molecule has 1 fully saturated rings. The van der Waals surface area contributed by atoms with Crippen molar-refractivity contribution in [2.24, 2.45) is 0 Å². The van der Waals surface area contributed by atoms with Crippen molar-refractivity contribution in [1.29, 1.82) is 0 Å². The molecule has 0 atom stereocenters. The number of carbonyl (C=O) groups excluding carboxylic acids is 3. The number of ether oxygens (including phenoxy) is 2. The molecule has 0 bridgehead atoms. The fourth-order valence-electron chi connectivity index (χ4n) is 4.13. The molecule has 1 N–H and O–H groups in total. The number of hydrogen-bond donors (Lipinski definition) is 1. The van der Waals surface area contributed by atoms with E-state index in [0.29, 0.717) is 31.2 Å². The quantitative estimate of drug-likeness (QED) is 0.169. The third-order valence-electron chi connectivity index (χ3n) is 5.98. The second kappa shape index (κ2) is 11.9. The van der Waals surface area contributed by atoms with Crippen LogP contribution in [0.3, 0.4) is 0 Å². The number of carbonyl (C=O) groups is 3. The van der Waals surface area contributed by atoms with Crippen LogP contribution in [0, 0.1) is 3.57 Å². The van der Waals surface area contributed by atoms with Gasteiger partial charge in [-0.15, -0.1) is 0 Å². The summed E-state index contributed by atoms with van der Waals surface area (Å²) in [6.45, 7) is -0.000215. The Labute approximate surface area is 243 Å². The van der Waals surface area contributed by atoms with Crippen molar-refractivity contribution in [2.75, 3.05) is 19.0 Å². The van der Waals surface area contributed by atoms with E-state index < -0.39 is 0 Å². The van der Waals surface area contributed by atoms with E-state index in [1.54, 1.807) is 24.3 Å². The van der Waals surface area contributed by atoms with E-state index in [4.69, 9.17) is 9.47 Å². The highest BCUT2D eigenvalue weighted by molar-refractivity contribution is 14.1. The topological polar surface area (TPSA) is 84.9 Å². The van der Waals surface area contributed by atoms with Gasteiger partial charge < -0.3 is 14.8 Å². The lowest BCUT2D eigenvalue weighted by Crippen LogP contribution is -2.27. The molecule has 39 heavy (non-hydrogen) atoms. The van der Waals surface area contributed by atoms with E-state index in [-0.39, 0.29) is 30.2 Å². The first-order chi connectivity index (χ1) is 18.9. The molecule has 9 heteroatoms. The Kier molecular flexibility index (Phi) is 8.18. The van der Waals surface area contributed by atoms with Crippen LogP contribution in [-0.4, -0.2) is 35.7 Å². The van der Waals surface area contributed by atoms with E-state index in [2.05, 4.69) is 27.9 Å². The van der Waals surface area contributed by atoms with Crippen molar-refractivity contribution in [3.05, 3.63) is 105 Å². The molecule has 7 nitrogen and oxygen atoms in total. The van der Waals surface area contributed by atoms with E-state index in [1.807, 2.05) is 66.7 Å². The molecular weight excluding hydrogens is 627 g/mol. The zero-order valence-electron chi connectivity index (χ0n) is 20.8. The molecule has 4 aromatic carbocycles. The maximum atomic E-state index is 13.1. The highest BCUT2D eigenvalue weighted by Gasteiger charge is 2.35. The minimum Gasteiger partial charge on any atom is -0.493 e. The fourth-order valence-corrected chi connectivity index (χ4v) is 5.75. The number of para-hydroxylation sites is 1. The van der Waals surface area contributed by atoms with Crippen molar-refractivity contribution in [1.82, 2.24) is 4.90 Å². The third kappa shape index (κ3) is 6.26. The monoisotopic (exact) mass is 650 g/mol. The number of halogens is 1. The number of fused-ring (bicyclic) bond motifs is 1. The van der Waals surface area contributed by atoms with Gasteiger partial charge in [0, 0.05) is 5.69 Å². The number of nitrogens with one attached hydrogen (secondary N) is 1. The summed E-state index contributed by atoms with van der Waals surface area (Å²) in [6.07, 6.45) is 1.67. The minimum absolute atomic E-state index is 0.200. The summed E-state index contributed by atoms with van der Waals surface area (Å²) in [4.78, 5) is 39.8. The summed E-state index contributed by atoms with van der Waals surface area (Å²) in [5, 5.41) is 4.61. The Morgan fingerprint density at radius 3 is 2.49 bits per heavy atom. The molecule has 1 heterocycles. The van der Waals surface area contributed by atoms with Gasteiger partial charge >= 0.3 is 0 Å². The van der Waals surface area contributed by atoms with Crippen LogP contribution in [0.1, 0.15) is 11.1 Å². The summed E-state index contributed by atoms with van der Waals surface area (Å²) in [5.74, 6) is 0.187. The first-order valence-electron chi connectivity index (χ1n) is 12.0. The lowest BCUT2D eigenvalue weighted by molar-refractivity contribution is -0.123. The number of hydrogen-bond acceptors (Lipinski definition) is 6. The van der Waals surface area contributed by atoms with Crippen LogP contribution >= 0.6 is 34.4 Å². The van der Waals surface area contributed by atoms with Crippen molar-refractivity contribution in [3.8, 4) is 11.5 Å². The number of methoxy groups -OCH3 is 1. The van der Waals surface area contributed by atoms with Crippen LogP contribution in [-0.2, 0) is 16.1 Å². The molecule has 0 radical (unpaired) electrons. The van der Waals surface area contributed by atoms with Crippen LogP contribution < -0.4 is 14.8 Å². The Hall–Kier alpha value is -3.83. The predicted octanol–water partition coefficient (Wildman–Crippen LogP) is 6.71. The third-order valence-corrected chi connectivity index (χ3v) is 7.69. The first-order valence-corrected chi connectivity index (χ1v) is 13.9. The highest BCUT2D eigenvalue weighted by Crippen LogP contribution is 2.38. The Balaban J connectivity index is 1.29. The van der Waals surface area contributed by atoms with E-state index in [1.165, 1.54) is 12.0 Å². The van der Waals surface area contributed by atoms with Gasteiger partial charge in [0.25, 0.3) is 17.1 Å². The number of nitrogens with zero attached hydrogens (tertiary/aromatic N) is 1. The molecule has 0 aromatic heterocycles. The van der Waals surface area contributed by atoms with Gasteiger partial charge in [-0.05, 0) is 92.7 Å². The number of rotatable bonds is 8. The second-order valence-corrected chi connectivity index (χ2v) is 10.8. The van der Waals surface area contributed by atoms with Crippen LogP contribution in [0.15, 0.2) is 89.8 Å². The molecule has 0 unspecified atom stereocenters. The maximum absolute atomic E-state index is 13.1. The van der Waals surface area contributed by atoms with Crippen LogP contribution in [0.2, 0.25) is 0 Å². The van der Waals surface area contributed by atoms with Gasteiger partial charge in [-0.2, -0.15) is 0 Å². The number of benzene rings is 4. The Morgan fingerprint density at radius 1 is 0.974 bits per heavy atom. The number of anilines is 1. The summed E-state index contributed by atoms with van der Waals surface area (Å²) < 4.78 is 12.0. The lowest BCUT2D eigenvalue weighted by Gasteiger charge is -2.14. The van der Waals surface area contributed by atoms with Crippen LogP contribution in [0.5, 0.6) is 11.5 Å². The highest BCUT2D eigenvalue weighted by atomic mass is 127. The predicted molar refractivity (Wildman–Crippen MR) is 162 cm³/mol. The zero-order valence-corrected chi connectivity index (χ0v) is 23.8. The van der Waals surface area contributed by atoms with E-state index >= 15 is 0 Å². The molecule has 3 amide bonds. The molecule has 1 saturated heterocycles. The van der Waals surface area contributed by atoms with E-state index in [9.17, 15) is 14.4 Å². The number of imide groups is 1. The molecule has 196 valence electrons. The molecule has 5 rings (SSSR count). The average molecular weight is 650 g/mol. The molecule has 0 spiro atoms. The Bertz CT molecular complexity index is 1610. The molecule has 0 aliphatic carbocycles. The molecule has 1 aliphatic rings. The molecule has 4 aromatic rings. The molecular formula is C30H23IN2O5S. The van der Waals surface area contributed by atoms with Gasteiger partial charge in [0.1, 0.15) is 0 Å². The van der Waals surface area contributed by atoms with Gasteiger partial charge in [-0.3, -0.25) is 19.3 Å². The summed E-state index contributed by atoms with van der Waals surface area (Å²) >= 11 is 3.00. The van der Waals surface area contributed by atoms with Gasteiger partial charge in [0.15, 0.2) is 18.1 Å². The van der Waals surface area contributed by atoms with Gasteiger partial charge in [-0.25, -0.2) is 0 Å². The lowest BCUT2D eigenvalue weighted by atomic mass is 10.1. The van der Waals surface area contributed by atoms with E-state index in [0.717, 1.165) is 28.1 Å². The fraction of sp³-hybridized carbons (Fsp3) is 0.100. The SMILES string of the molecule is COc1cc(/C=C2\SC(=O)N(Cc3ccc4ccccc4c3)C2=O)cc(I)c1OCC(=O)Nc1ccccc1. The standard InChI is InChI=1S/C30H23IN2O5S/c1-37-25-15-20(14-24(31)28(25)38-18-27(34)32-23-9-3-2-4-10-23)16-26-29(35)33(30(36)39-26)17-19-11-12-21-7-5-6-8-22(21)13-19/h2-16H,17-18H2,1H3,(H,32,34)/b26-16-. The van der Waals surface area contributed by atoms with Gasteiger partial charge in [-0.1, -0.05) is 54.6 Å². The van der Waals surface area contributed by atoms with Crippen molar-refractivity contribution in [3.63, 3.8) is 0 Å². The molecule has 0 saturated carbocycles. The van der Waals surface area contributed by atoms with Gasteiger partial charge in [0.05, 0.1) is 22.1 Å². The van der Waals surface area contributed by atoms with Crippen LogP contribution in [0.25, 0.3) is 16.8 Å². The summed E-state index contributed by atoms with van der Waals surface area (Å²) in [6, 6.07) is 26.5. The largest absolute Gasteiger partial charge is 0.493 e. The summed E-state index contributed by atoms with van der Waals surface area (Å²) in [5.41, 5.74) is 2.23. The first kappa shape index (κ1) is 26.8. The van der Waals surface area contributed by atoms with Crippen LogP contribution in [0.4, 0.5) is 10.5 Å². The number of thioether (sulfide) groups is 1. The Morgan fingerprint density at radius 2 is 1.72 bits per heavy atom. The normalized spacial score (nSPS) is 14.2. The van der Waals surface area contributed by atoms with Crippen molar-refractivity contribution in [2.45, 2.75) is 6.54 Å². The summed E-state index contributed by atoms with van der Waals surface area (Å²) in [7, 11) is 1.50. The molecule has 1 aliphatic heterocycles. The number of amides is 3. The average Bonchev–Trinajstić information content (AvgIpc) is 3.19. The van der Waals surface area contributed by atoms with Crippen molar-refractivity contribution < 1.29 is 23.9 Å². The maximum Gasteiger partial charge on any atom is 0.293 e. The smallest absolute Gasteiger partial charge is 0.293 e. The second-order valence-electron chi connectivity index (χ2n) is 8.69. The van der Waals surface area contributed by atoms with Gasteiger partial charge in [0.2, 0.25) is 0 Å². The zero-order chi connectivity index (χ0) is 27.4.